The molecule has 3 nitrogen and oxygen atoms in total. The number of aliphatic carboxylic acids is 1. The first kappa shape index (κ1) is 24.5. The van der Waals surface area contributed by atoms with Crippen molar-refractivity contribution in [2.45, 2.75) is 83.1 Å². The second kappa shape index (κ2) is 12.8. The van der Waals surface area contributed by atoms with Crippen LogP contribution in [0.15, 0.2) is 42.5 Å². The number of carbonyl (C=O) groups is 1. The third kappa shape index (κ3) is 9.84. The molecule has 0 saturated carbocycles. The summed E-state index contributed by atoms with van der Waals surface area (Å²) in [7, 11) is 0. The van der Waals surface area contributed by atoms with Gasteiger partial charge in [-0.05, 0) is 50.1 Å². The molecule has 1 aromatic rings. The fourth-order valence-corrected chi connectivity index (χ4v) is 4.15. The van der Waals surface area contributed by atoms with E-state index in [0.29, 0.717) is 18.9 Å². The zero-order valence-electron chi connectivity index (χ0n) is 18.2. The van der Waals surface area contributed by atoms with E-state index < -0.39 is 11.9 Å². The average molecular weight is 422 g/mol. The van der Waals surface area contributed by atoms with Gasteiger partial charge in [-0.3, -0.25) is 9.69 Å². The molecule has 0 radical (unpaired) electrons. The second-order valence-corrected chi connectivity index (χ2v) is 8.75. The van der Waals surface area contributed by atoms with Crippen LogP contribution in [-0.2, 0) is 11.2 Å². The average Bonchev–Trinajstić information content (AvgIpc) is 3.00. The summed E-state index contributed by atoms with van der Waals surface area (Å²) in [6.45, 7) is 2.66. The standard InChI is InChI=1S/C25H37F2NO2/c1-21(11-8-9-14-22-12-5-4-6-13-22)16-17-23-19-25(26,27)20-28(23)18-10-3-2-7-15-24(29)30/h4-6,12-13,16-17,21,23H,2-3,7-11,14-15,18-20H2,1H3,(H,29,30)/b17-16+. The minimum atomic E-state index is -2.61. The normalized spacial score (nSPS) is 20.0. The molecule has 168 valence electrons. The van der Waals surface area contributed by atoms with E-state index >= 15 is 0 Å². The van der Waals surface area contributed by atoms with Crippen LogP contribution < -0.4 is 0 Å². The highest BCUT2D eigenvalue weighted by Crippen LogP contribution is 2.33. The van der Waals surface area contributed by atoms with Crippen LogP contribution in [0.25, 0.3) is 0 Å². The SMILES string of the molecule is CC(/C=C/C1CC(F)(F)CN1CCCCCCC(=O)O)CCCCc1ccccc1. The van der Waals surface area contributed by atoms with Gasteiger partial charge in [-0.2, -0.15) is 0 Å². The number of unbranched alkanes of at least 4 members (excludes halogenated alkanes) is 4. The lowest BCUT2D eigenvalue weighted by molar-refractivity contribution is -0.137. The molecule has 1 aliphatic heterocycles. The molecule has 1 saturated heterocycles. The van der Waals surface area contributed by atoms with Crippen molar-refractivity contribution >= 4 is 5.97 Å². The number of carboxylic acid groups (broad SMARTS) is 1. The zero-order chi connectivity index (χ0) is 21.8. The Labute approximate surface area is 180 Å². The third-order valence-electron chi connectivity index (χ3n) is 5.88. The Morgan fingerprint density at radius 3 is 2.63 bits per heavy atom. The van der Waals surface area contributed by atoms with E-state index in [1.807, 2.05) is 17.0 Å². The molecule has 0 amide bonds. The van der Waals surface area contributed by atoms with Gasteiger partial charge in [-0.1, -0.05) is 68.7 Å². The highest BCUT2D eigenvalue weighted by Gasteiger charge is 2.43. The number of allylic oxidation sites excluding steroid dienone is 1. The Kier molecular flexibility index (Phi) is 10.5. The molecule has 0 bridgehead atoms. The maximum absolute atomic E-state index is 14.0. The minimum Gasteiger partial charge on any atom is -0.481 e. The second-order valence-electron chi connectivity index (χ2n) is 8.75. The molecule has 30 heavy (non-hydrogen) atoms. The molecule has 1 aliphatic rings. The molecule has 2 rings (SSSR count). The number of carboxylic acids is 1. The predicted molar refractivity (Wildman–Crippen MR) is 118 cm³/mol. The Morgan fingerprint density at radius 2 is 1.90 bits per heavy atom. The molecular weight excluding hydrogens is 384 g/mol. The van der Waals surface area contributed by atoms with Gasteiger partial charge in [-0.25, -0.2) is 8.78 Å². The van der Waals surface area contributed by atoms with Crippen LogP contribution in [0, 0.1) is 5.92 Å². The number of hydrogen-bond donors (Lipinski definition) is 1. The van der Waals surface area contributed by atoms with E-state index in [2.05, 4.69) is 37.3 Å². The van der Waals surface area contributed by atoms with E-state index in [1.54, 1.807) is 0 Å². The van der Waals surface area contributed by atoms with Crippen molar-refractivity contribution < 1.29 is 18.7 Å². The number of alkyl halides is 2. The van der Waals surface area contributed by atoms with Gasteiger partial charge in [0, 0.05) is 18.9 Å². The molecule has 1 N–H and O–H groups in total. The molecule has 0 spiro atoms. The van der Waals surface area contributed by atoms with E-state index in [9.17, 15) is 13.6 Å². The van der Waals surface area contributed by atoms with Gasteiger partial charge >= 0.3 is 5.97 Å². The van der Waals surface area contributed by atoms with Crippen molar-refractivity contribution in [2.24, 2.45) is 5.92 Å². The van der Waals surface area contributed by atoms with Gasteiger partial charge in [0.1, 0.15) is 0 Å². The summed E-state index contributed by atoms with van der Waals surface area (Å²) in [5, 5.41) is 8.66. The Bertz CT molecular complexity index is 648. The Morgan fingerprint density at radius 1 is 1.17 bits per heavy atom. The van der Waals surface area contributed by atoms with Crippen LogP contribution in [0.1, 0.15) is 70.3 Å². The lowest BCUT2D eigenvalue weighted by Gasteiger charge is -2.21. The van der Waals surface area contributed by atoms with Crippen LogP contribution in [0.4, 0.5) is 8.78 Å². The Balaban J connectivity index is 1.67. The van der Waals surface area contributed by atoms with Gasteiger partial charge in [0.25, 0.3) is 5.92 Å². The van der Waals surface area contributed by atoms with E-state index in [0.717, 1.165) is 44.9 Å². The van der Waals surface area contributed by atoms with Gasteiger partial charge in [-0.15, -0.1) is 0 Å². The number of halogens is 2. The number of nitrogens with zero attached hydrogens (tertiary/aromatic N) is 1. The zero-order valence-corrected chi connectivity index (χ0v) is 18.2. The molecular formula is C25H37F2NO2. The first-order valence-electron chi connectivity index (χ1n) is 11.4. The Hall–Kier alpha value is -1.75. The number of aryl methyl sites for hydroxylation is 1. The first-order chi connectivity index (χ1) is 14.4. The molecule has 2 unspecified atom stereocenters. The van der Waals surface area contributed by atoms with Crippen molar-refractivity contribution in [3.05, 3.63) is 48.0 Å². The molecule has 0 aromatic heterocycles. The van der Waals surface area contributed by atoms with Gasteiger partial charge in [0.2, 0.25) is 0 Å². The molecule has 1 aromatic carbocycles. The minimum absolute atomic E-state index is 0.0940. The highest BCUT2D eigenvalue weighted by atomic mass is 19.3. The van der Waals surface area contributed by atoms with Crippen molar-refractivity contribution in [3.63, 3.8) is 0 Å². The predicted octanol–water partition coefficient (Wildman–Crippen LogP) is 6.34. The smallest absolute Gasteiger partial charge is 0.303 e. The molecule has 1 fully saturated rings. The summed E-state index contributed by atoms with van der Waals surface area (Å²) in [5.74, 6) is -2.99. The number of likely N-dealkylation sites (tertiary alicyclic amines) is 1. The highest BCUT2D eigenvalue weighted by molar-refractivity contribution is 5.66. The lowest BCUT2D eigenvalue weighted by Crippen LogP contribution is -2.30. The maximum Gasteiger partial charge on any atom is 0.303 e. The molecule has 1 heterocycles. The summed E-state index contributed by atoms with van der Waals surface area (Å²) < 4.78 is 27.9. The van der Waals surface area contributed by atoms with Crippen molar-refractivity contribution in [1.29, 1.82) is 0 Å². The molecule has 5 heteroatoms. The van der Waals surface area contributed by atoms with Crippen LogP contribution in [0.2, 0.25) is 0 Å². The van der Waals surface area contributed by atoms with E-state index in [-0.39, 0.29) is 25.4 Å². The van der Waals surface area contributed by atoms with Crippen molar-refractivity contribution in [2.75, 3.05) is 13.1 Å². The van der Waals surface area contributed by atoms with E-state index in [1.165, 1.54) is 5.56 Å². The summed E-state index contributed by atoms with van der Waals surface area (Å²) in [6.07, 6.45) is 11.9. The summed E-state index contributed by atoms with van der Waals surface area (Å²) in [6, 6.07) is 10.3. The fraction of sp³-hybridized carbons (Fsp3) is 0.640. The largest absolute Gasteiger partial charge is 0.481 e. The van der Waals surface area contributed by atoms with Crippen LogP contribution >= 0.6 is 0 Å². The summed E-state index contributed by atoms with van der Waals surface area (Å²) in [4.78, 5) is 12.4. The van der Waals surface area contributed by atoms with Gasteiger partial charge < -0.3 is 5.11 Å². The van der Waals surface area contributed by atoms with Crippen LogP contribution in [-0.4, -0.2) is 41.0 Å². The van der Waals surface area contributed by atoms with Gasteiger partial charge in [0.15, 0.2) is 0 Å². The molecule has 0 aliphatic carbocycles. The topological polar surface area (TPSA) is 40.5 Å². The summed E-state index contributed by atoms with van der Waals surface area (Å²) >= 11 is 0. The third-order valence-corrected chi connectivity index (χ3v) is 5.88. The van der Waals surface area contributed by atoms with Crippen molar-refractivity contribution in [1.82, 2.24) is 4.90 Å². The molecule has 2 atom stereocenters. The number of hydrogen-bond acceptors (Lipinski definition) is 2. The maximum atomic E-state index is 14.0. The first-order valence-corrected chi connectivity index (χ1v) is 11.4. The number of rotatable bonds is 14. The number of benzene rings is 1. The van der Waals surface area contributed by atoms with E-state index in [4.69, 9.17) is 5.11 Å². The van der Waals surface area contributed by atoms with Crippen LogP contribution in [0.3, 0.4) is 0 Å². The van der Waals surface area contributed by atoms with Crippen molar-refractivity contribution in [3.8, 4) is 0 Å². The van der Waals surface area contributed by atoms with Crippen LogP contribution in [0.5, 0.6) is 0 Å². The quantitative estimate of drug-likeness (QED) is 0.282. The van der Waals surface area contributed by atoms with Gasteiger partial charge in [0.05, 0.1) is 6.54 Å². The lowest BCUT2D eigenvalue weighted by atomic mass is 9.99. The monoisotopic (exact) mass is 421 g/mol. The fourth-order valence-electron chi connectivity index (χ4n) is 4.15. The summed E-state index contributed by atoms with van der Waals surface area (Å²) in [5.41, 5.74) is 1.37.